The molecule has 0 aliphatic carbocycles. The molecule has 6 heteroatoms. The van der Waals surface area contributed by atoms with Crippen molar-refractivity contribution in [1.82, 2.24) is 15.3 Å². The molecule has 0 fully saturated rings. The molecule has 1 amide bonds. The summed E-state index contributed by atoms with van der Waals surface area (Å²) >= 11 is 1.76. The molecule has 1 heterocycles. The van der Waals surface area contributed by atoms with Gasteiger partial charge in [0.25, 0.3) is 0 Å². The number of amides is 1. The van der Waals surface area contributed by atoms with E-state index in [1.807, 2.05) is 36.4 Å². The lowest BCUT2D eigenvalue weighted by atomic mass is 10.0. The number of rotatable bonds is 15. The molecule has 1 unspecified atom stereocenters. The Balaban J connectivity index is 1.49. The van der Waals surface area contributed by atoms with E-state index >= 15 is 0 Å². The third kappa shape index (κ3) is 8.56. The van der Waals surface area contributed by atoms with Gasteiger partial charge in [0, 0.05) is 22.9 Å². The number of unbranched alkanes of at least 4 members (excludes halogenated alkanes) is 5. The Kier molecular flexibility index (Phi) is 11.0. The minimum atomic E-state index is -0.905. The molecule has 1 aromatic heterocycles. The second kappa shape index (κ2) is 14.5. The minimum absolute atomic E-state index is 0.0777. The van der Waals surface area contributed by atoms with Crippen molar-refractivity contribution < 1.29 is 9.90 Å². The minimum Gasteiger partial charge on any atom is -0.465 e. The molecular formula is C28H37N3O2S. The summed E-state index contributed by atoms with van der Waals surface area (Å²) < 4.78 is 0. The standard InChI is InChI=1S/C28H37N3O2S/c1-2-3-4-12-19-24(29-28(32)33)20-13-7-14-21-34-27-30-25(22-15-8-5-9-16-22)26(31-27)23-17-10-6-11-18-23/h5-6,8-11,15-18,24,29H,2-4,7,12-14,19-21H2,1H3,(H,30,31)(H,32,33). The Labute approximate surface area is 207 Å². The van der Waals surface area contributed by atoms with E-state index in [0.717, 1.165) is 71.9 Å². The maximum atomic E-state index is 11.1. The van der Waals surface area contributed by atoms with Crippen molar-refractivity contribution >= 4 is 17.9 Å². The first-order valence-electron chi connectivity index (χ1n) is 12.5. The first-order valence-corrected chi connectivity index (χ1v) is 13.5. The molecule has 0 radical (unpaired) electrons. The fourth-order valence-electron chi connectivity index (χ4n) is 4.16. The number of thioether (sulfide) groups is 1. The number of H-pyrrole nitrogens is 1. The Morgan fingerprint density at radius 3 is 2.15 bits per heavy atom. The van der Waals surface area contributed by atoms with Gasteiger partial charge < -0.3 is 15.4 Å². The largest absolute Gasteiger partial charge is 0.465 e. The third-order valence-corrected chi connectivity index (χ3v) is 6.92. The number of carbonyl (C=O) groups is 1. The lowest BCUT2D eigenvalue weighted by molar-refractivity contribution is 0.187. The van der Waals surface area contributed by atoms with E-state index in [1.54, 1.807) is 11.8 Å². The number of aromatic amines is 1. The number of benzene rings is 2. The number of hydrogen-bond acceptors (Lipinski definition) is 3. The summed E-state index contributed by atoms with van der Waals surface area (Å²) in [5, 5.41) is 12.8. The SMILES string of the molecule is CCCCCCC(CCCCCSc1nc(-c2ccccc2)c(-c2ccccc2)[nH]1)NC(=O)O. The van der Waals surface area contributed by atoms with Crippen LogP contribution in [0.25, 0.3) is 22.5 Å². The number of imidazole rings is 1. The number of carboxylic acid groups (broad SMARTS) is 1. The van der Waals surface area contributed by atoms with Crippen molar-refractivity contribution in [3.05, 3.63) is 60.7 Å². The zero-order chi connectivity index (χ0) is 24.0. The van der Waals surface area contributed by atoms with E-state index in [1.165, 1.54) is 19.3 Å². The average molecular weight is 480 g/mol. The van der Waals surface area contributed by atoms with E-state index in [4.69, 9.17) is 10.1 Å². The highest BCUT2D eigenvalue weighted by molar-refractivity contribution is 7.99. The van der Waals surface area contributed by atoms with Crippen LogP contribution in [-0.2, 0) is 0 Å². The monoisotopic (exact) mass is 479 g/mol. The molecule has 2 aromatic carbocycles. The van der Waals surface area contributed by atoms with E-state index in [-0.39, 0.29) is 6.04 Å². The number of aromatic nitrogens is 2. The highest BCUT2D eigenvalue weighted by atomic mass is 32.2. The summed E-state index contributed by atoms with van der Waals surface area (Å²) in [6, 6.07) is 20.7. The molecule has 1 atom stereocenters. The molecule has 0 saturated carbocycles. The van der Waals surface area contributed by atoms with Crippen LogP contribution < -0.4 is 5.32 Å². The summed E-state index contributed by atoms with van der Waals surface area (Å²) in [5.74, 6) is 0.990. The number of nitrogens with one attached hydrogen (secondary N) is 2. The predicted molar refractivity (Wildman–Crippen MR) is 142 cm³/mol. The summed E-state index contributed by atoms with van der Waals surface area (Å²) in [4.78, 5) is 19.6. The fourth-order valence-corrected chi connectivity index (χ4v) is 5.03. The van der Waals surface area contributed by atoms with Gasteiger partial charge in [-0.05, 0) is 19.3 Å². The summed E-state index contributed by atoms with van der Waals surface area (Å²) in [6.07, 6.45) is 8.88. The quantitative estimate of drug-likeness (QED) is 0.152. The zero-order valence-corrected chi connectivity index (χ0v) is 20.9. The van der Waals surface area contributed by atoms with Crippen LogP contribution >= 0.6 is 11.8 Å². The van der Waals surface area contributed by atoms with Crippen LogP contribution in [0.2, 0.25) is 0 Å². The van der Waals surface area contributed by atoms with Gasteiger partial charge in [-0.1, -0.05) is 118 Å². The molecule has 3 aromatic rings. The van der Waals surface area contributed by atoms with Gasteiger partial charge in [-0.25, -0.2) is 9.78 Å². The zero-order valence-electron chi connectivity index (χ0n) is 20.1. The van der Waals surface area contributed by atoms with Crippen molar-refractivity contribution in [2.24, 2.45) is 0 Å². The topological polar surface area (TPSA) is 78.0 Å². The van der Waals surface area contributed by atoms with Crippen LogP contribution in [0.15, 0.2) is 65.8 Å². The van der Waals surface area contributed by atoms with Crippen molar-refractivity contribution in [2.45, 2.75) is 75.9 Å². The van der Waals surface area contributed by atoms with E-state index in [2.05, 4.69) is 41.5 Å². The van der Waals surface area contributed by atoms with Crippen LogP contribution in [-0.4, -0.2) is 33.0 Å². The van der Waals surface area contributed by atoms with Crippen LogP contribution in [0.3, 0.4) is 0 Å². The molecule has 34 heavy (non-hydrogen) atoms. The molecular weight excluding hydrogens is 442 g/mol. The van der Waals surface area contributed by atoms with Gasteiger partial charge in [-0.3, -0.25) is 0 Å². The average Bonchev–Trinajstić information content (AvgIpc) is 3.29. The first-order chi connectivity index (χ1) is 16.7. The molecule has 0 aliphatic rings. The van der Waals surface area contributed by atoms with Crippen molar-refractivity contribution in [1.29, 1.82) is 0 Å². The van der Waals surface area contributed by atoms with Gasteiger partial charge in [0.1, 0.15) is 0 Å². The maximum Gasteiger partial charge on any atom is 0.404 e. The van der Waals surface area contributed by atoms with Crippen LogP contribution in [0, 0.1) is 0 Å². The molecule has 0 aliphatic heterocycles. The highest BCUT2D eigenvalue weighted by Crippen LogP contribution is 2.32. The second-order valence-corrected chi connectivity index (χ2v) is 9.77. The maximum absolute atomic E-state index is 11.1. The van der Waals surface area contributed by atoms with E-state index in [9.17, 15) is 4.79 Å². The molecule has 0 spiro atoms. The highest BCUT2D eigenvalue weighted by Gasteiger charge is 2.14. The molecule has 5 nitrogen and oxygen atoms in total. The Morgan fingerprint density at radius 1 is 0.912 bits per heavy atom. The van der Waals surface area contributed by atoms with Crippen molar-refractivity contribution in [2.75, 3.05) is 5.75 Å². The molecule has 3 rings (SSSR count). The normalized spacial score (nSPS) is 11.9. The summed E-state index contributed by atoms with van der Waals surface area (Å²) in [6.45, 7) is 2.19. The Hall–Kier alpha value is -2.73. The lowest BCUT2D eigenvalue weighted by Crippen LogP contribution is -2.33. The van der Waals surface area contributed by atoms with E-state index < -0.39 is 6.09 Å². The molecule has 0 saturated heterocycles. The van der Waals surface area contributed by atoms with E-state index in [0.29, 0.717) is 0 Å². The van der Waals surface area contributed by atoms with Gasteiger partial charge in [-0.15, -0.1) is 0 Å². The number of hydrogen-bond donors (Lipinski definition) is 3. The number of nitrogens with zero attached hydrogens (tertiary/aromatic N) is 1. The van der Waals surface area contributed by atoms with Gasteiger partial charge in [0.15, 0.2) is 5.16 Å². The summed E-state index contributed by atoms with van der Waals surface area (Å²) in [7, 11) is 0. The van der Waals surface area contributed by atoms with Crippen molar-refractivity contribution in [3.8, 4) is 22.5 Å². The van der Waals surface area contributed by atoms with Crippen LogP contribution in [0.4, 0.5) is 4.79 Å². The fraction of sp³-hybridized carbons (Fsp3) is 0.429. The van der Waals surface area contributed by atoms with Gasteiger partial charge in [0.2, 0.25) is 0 Å². The lowest BCUT2D eigenvalue weighted by Gasteiger charge is -2.16. The van der Waals surface area contributed by atoms with Gasteiger partial charge in [0.05, 0.1) is 11.4 Å². The predicted octanol–water partition coefficient (Wildman–Crippen LogP) is 8.00. The first kappa shape index (κ1) is 25.9. The third-order valence-electron chi connectivity index (χ3n) is 5.96. The van der Waals surface area contributed by atoms with Crippen LogP contribution in [0.5, 0.6) is 0 Å². The molecule has 3 N–H and O–H groups in total. The van der Waals surface area contributed by atoms with Crippen molar-refractivity contribution in [3.63, 3.8) is 0 Å². The second-order valence-electron chi connectivity index (χ2n) is 8.69. The van der Waals surface area contributed by atoms with Gasteiger partial charge in [-0.2, -0.15) is 0 Å². The molecule has 182 valence electrons. The van der Waals surface area contributed by atoms with Crippen LogP contribution in [0.1, 0.15) is 64.7 Å². The summed E-state index contributed by atoms with van der Waals surface area (Å²) in [5.41, 5.74) is 4.29. The van der Waals surface area contributed by atoms with Gasteiger partial charge >= 0.3 is 6.09 Å². The Bertz CT molecular complexity index is 919. The Morgan fingerprint density at radius 2 is 1.53 bits per heavy atom. The smallest absolute Gasteiger partial charge is 0.404 e. The molecule has 0 bridgehead atoms.